The molecule has 0 N–H and O–H groups in total. The molecule has 2 aromatic carbocycles. The summed E-state index contributed by atoms with van der Waals surface area (Å²) in [6.45, 7) is 1.13. The number of rotatable bonds is 4. The van der Waals surface area contributed by atoms with Gasteiger partial charge in [0.15, 0.2) is 5.78 Å². The van der Waals surface area contributed by atoms with Crippen LogP contribution in [0.3, 0.4) is 0 Å². The predicted molar refractivity (Wildman–Crippen MR) is 119 cm³/mol. The van der Waals surface area contributed by atoms with E-state index in [0.717, 1.165) is 12.3 Å². The Kier molecular flexibility index (Phi) is 6.56. The molecule has 5 nitrogen and oxygen atoms in total. The molecule has 1 amide bonds. The highest BCUT2D eigenvalue weighted by Gasteiger charge is 2.33. The average molecular weight is 492 g/mol. The van der Waals surface area contributed by atoms with Crippen LogP contribution < -0.4 is 4.90 Å². The lowest BCUT2D eigenvalue weighted by atomic mass is 9.97. The normalized spacial score (nSPS) is 14.3. The largest absolute Gasteiger partial charge is 0.417 e. The monoisotopic (exact) mass is 491 g/mol. The van der Waals surface area contributed by atoms with Crippen molar-refractivity contribution in [2.45, 2.75) is 6.18 Å². The number of nitrogens with zero attached hydrogens (tertiary/aromatic N) is 3. The van der Waals surface area contributed by atoms with Gasteiger partial charge in [-0.25, -0.2) is 9.37 Å². The van der Waals surface area contributed by atoms with Gasteiger partial charge < -0.3 is 9.80 Å². The fourth-order valence-corrected chi connectivity index (χ4v) is 4.02. The van der Waals surface area contributed by atoms with E-state index in [-0.39, 0.29) is 46.5 Å². The fourth-order valence-electron chi connectivity index (χ4n) is 3.73. The van der Waals surface area contributed by atoms with E-state index in [1.165, 1.54) is 24.3 Å². The fraction of sp³-hybridized carbons (Fsp3) is 0.208. The lowest BCUT2D eigenvalue weighted by Crippen LogP contribution is -2.49. The summed E-state index contributed by atoms with van der Waals surface area (Å²) >= 11 is 6.04. The molecular weight excluding hydrogens is 474 g/mol. The maximum atomic E-state index is 13.2. The number of carbonyl (C=O) groups excluding carboxylic acids is 2. The van der Waals surface area contributed by atoms with E-state index in [1.807, 2.05) is 0 Å². The summed E-state index contributed by atoms with van der Waals surface area (Å²) in [5, 5.41) is -0.121. The zero-order valence-corrected chi connectivity index (χ0v) is 18.4. The molecule has 0 atom stereocenters. The minimum Gasteiger partial charge on any atom is -0.352 e. The van der Waals surface area contributed by atoms with E-state index in [0.29, 0.717) is 13.1 Å². The van der Waals surface area contributed by atoms with E-state index in [9.17, 15) is 27.2 Å². The SMILES string of the molecule is O=C(c1ccc(F)cc1)c1ccccc1C(=O)N1CCN(c2ncc(C(F)(F)F)cc2Cl)CC1. The molecule has 0 aliphatic carbocycles. The maximum Gasteiger partial charge on any atom is 0.417 e. The van der Waals surface area contributed by atoms with Gasteiger partial charge in [0, 0.05) is 43.5 Å². The third-order valence-corrected chi connectivity index (χ3v) is 5.80. The molecule has 1 aliphatic rings. The Morgan fingerprint density at radius 2 is 1.53 bits per heavy atom. The van der Waals surface area contributed by atoms with Gasteiger partial charge in [0.05, 0.1) is 16.1 Å². The number of hydrogen-bond donors (Lipinski definition) is 0. The standard InChI is InChI=1S/C24H18ClF4N3O2/c25-20-13-16(24(27,28)29)14-30-22(20)31-9-11-32(12-10-31)23(34)19-4-2-1-3-18(19)21(33)15-5-7-17(26)8-6-15/h1-8,13-14H,9-12H2. The Bertz CT molecular complexity index is 1220. The van der Waals surface area contributed by atoms with Gasteiger partial charge in [-0.05, 0) is 36.4 Å². The van der Waals surface area contributed by atoms with E-state index in [4.69, 9.17) is 11.6 Å². The molecule has 0 unspecified atom stereocenters. The zero-order chi connectivity index (χ0) is 24.5. The molecule has 1 fully saturated rings. The molecule has 0 bridgehead atoms. The zero-order valence-electron chi connectivity index (χ0n) is 17.6. The number of ketones is 1. The number of benzene rings is 2. The van der Waals surface area contributed by atoms with Crippen LogP contribution in [0.1, 0.15) is 31.8 Å². The van der Waals surface area contributed by atoms with Gasteiger partial charge >= 0.3 is 6.18 Å². The number of amides is 1. The Balaban J connectivity index is 1.48. The Hall–Kier alpha value is -3.46. The van der Waals surface area contributed by atoms with Crippen LogP contribution >= 0.6 is 11.6 Å². The molecule has 1 aromatic heterocycles. The summed E-state index contributed by atoms with van der Waals surface area (Å²) in [5.74, 6) is -1.00. The Morgan fingerprint density at radius 3 is 2.12 bits per heavy atom. The lowest BCUT2D eigenvalue weighted by molar-refractivity contribution is -0.137. The second-order valence-corrected chi connectivity index (χ2v) is 8.10. The van der Waals surface area contributed by atoms with Crippen LogP contribution in [0, 0.1) is 5.82 Å². The van der Waals surface area contributed by atoms with Crippen LogP contribution in [-0.2, 0) is 6.18 Å². The summed E-state index contributed by atoms with van der Waals surface area (Å²) < 4.78 is 51.8. The van der Waals surface area contributed by atoms with Gasteiger partial charge in [0.25, 0.3) is 5.91 Å². The first-order valence-electron chi connectivity index (χ1n) is 10.3. The van der Waals surface area contributed by atoms with Gasteiger partial charge in [-0.1, -0.05) is 29.8 Å². The molecule has 0 radical (unpaired) electrons. The minimum absolute atomic E-state index is 0.121. The molecule has 34 heavy (non-hydrogen) atoms. The molecule has 0 saturated carbocycles. The number of carbonyl (C=O) groups is 2. The smallest absolute Gasteiger partial charge is 0.352 e. The average Bonchev–Trinajstić information content (AvgIpc) is 2.83. The number of alkyl halides is 3. The van der Waals surface area contributed by atoms with Gasteiger partial charge in [0.2, 0.25) is 0 Å². The van der Waals surface area contributed by atoms with Crippen LogP contribution in [0.2, 0.25) is 5.02 Å². The van der Waals surface area contributed by atoms with Crippen molar-refractivity contribution in [3.05, 3.63) is 93.9 Å². The van der Waals surface area contributed by atoms with Crippen molar-refractivity contribution >= 4 is 29.1 Å². The van der Waals surface area contributed by atoms with Crippen LogP contribution in [0.25, 0.3) is 0 Å². The van der Waals surface area contributed by atoms with Crippen molar-refractivity contribution in [3.63, 3.8) is 0 Å². The number of hydrogen-bond acceptors (Lipinski definition) is 4. The summed E-state index contributed by atoms with van der Waals surface area (Å²) in [6, 6.07) is 12.3. The van der Waals surface area contributed by atoms with Gasteiger partial charge in [-0.3, -0.25) is 9.59 Å². The van der Waals surface area contributed by atoms with Crippen LogP contribution in [-0.4, -0.2) is 47.8 Å². The molecular formula is C24H18ClF4N3O2. The van der Waals surface area contributed by atoms with Crippen molar-refractivity contribution in [1.29, 1.82) is 0 Å². The van der Waals surface area contributed by atoms with Crippen LogP contribution in [0.4, 0.5) is 23.4 Å². The molecule has 4 rings (SSSR count). The number of piperazine rings is 1. The van der Waals surface area contributed by atoms with Crippen molar-refractivity contribution < 1.29 is 27.2 Å². The lowest BCUT2D eigenvalue weighted by Gasteiger charge is -2.36. The van der Waals surface area contributed by atoms with Gasteiger partial charge in [0.1, 0.15) is 11.6 Å². The molecule has 3 aromatic rings. The third-order valence-electron chi connectivity index (χ3n) is 5.52. The predicted octanol–water partition coefficient (Wildman–Crippen LogP) is 5.09. The summed E-state index contributed by atoms with van der Waals surface area (Å²) in [6.07, 6.45) is -3.81. The number of pyridine rings is 1. The molecule has 1 saturated heterocycles. The first-order chi connectivity index (χ1) is 16.1. The Labute approximate surface area is 197 Å². The number of aromatic nitrogens is 1. The first-order valence-corrected chi connectivity index (χ1v) is 10.7. The van der Waals surface area contributed by atoms with E-state index >= 15 is 0 Å². The Morgan fingerprint density at radius 1 is 0.912 bits per heavy atom. The van der Waals surface area contributed by atoms with Crippen molar-refractivity contribution in [2.24, 2.45) is 0 Å². The highest BCUT2D eigenvalue weighted by molar-refractivity contribution is 6.33. The van der Waals surface area contributed by atoms with Gasteiger partial charge in [-0.2, -0.15) is 13.2 Å². The van der Waals surface area contributed by atoms with Crippen LogP contribution in [0.5, 0.6) is 0 Å². The second-order valence-electron chi connectivity index (χ2n) is 7.69. The topological polar surface area (TPSA) is 53.5 Å². The van der Waals surface area contributed by atoms with Gasteiger partial charge in [-0.15, -0.1) is 0 Å². The third kappa shape index (κ3) is 4.89. The molecule has 1 aliphatic heterocycles. The summed E-state index contributed by atoms with van der Waals surface area (Å²) in [4.78, 5) is 33.3. The summed E-state index contributed by atoms with van der Waals surface area (Å²) in [7, 11) is 0. The minimum atomic E-state index is -4.54. The summed E-state index contributed by atoms with van der Waals surface area (Å²) in [5.41, 5.74) is -0.253. The van der Waals surface area contributed by atoms with Crippen LogP contribution in [0.15, 0.2) is 60.8 Å². The first kappa shape index (κ1) is 23.7. The number of anilines is 1. The van der Waals surface area contributed by atoms with Crippen molar-refractivity contribution in [1.82, 2.24) is 9.88 Å². The van der Waals surface area contributed by atoms with E-state index in [2.05, 4.69) is 4.98 Å². The maximum absolute atomic E-state index is 13.2. The van der Waals surface area contributed by atoms with Crippen molar-refractivity contribution in [2.75, 3.05) is 31.1 Å². The molecule has 10 heteroatoms. The molecule has 176 valence electrons. The molecule has 2 heterocycles. The van der Waals surface area contributed by atoms with E-state index < -0.39 is 23.3 Å². The number of halogens is 5. The molecule has 0 spiro atoms. The quantitative estimate of drug-likeness (QED) is 0.377. The highest BCUT2D eigenvalue weighted by Crippen LogP contribution is 2.33. The van der Waals surface area contributed by atoms with E-state index in [1.54, 1.807) is 34.1 Å². The highest BCUT2D eigenvalue weighted by atomic mass is 35.5. The van der Waals surface area contributed by atoms with Crippen molar-refractivity contribution in [3.8, 4) is 0 Å². The second kappa shape index (κ2) is 9.42.